The van der Waals surface area contributed by atoms with E-state index >= 15 is 0 Å². The van der Waals surface area contributed by atoms with Crippen molar-refractivity contribution in [2.24, 2.45) is 0 Å². The van der Waals surface area contributed by atoms with Crippen molar-refractivity contribution in [3.8, 4) is 5.75 Å². The van der Waals surface area contributed by atoms with E-state index in [9.17, 15) is 14.4 Å². The first kappa shape index (κ1) is 18.7. The van der Waals surface area contributed by atoms with E-state index in [1.807, 2.05) is 0 Å². The Bertz CT molecular complexity index is 1090. The number of amides is 3. The smallest absolute Gasteiger partial charge is 0.266 e. The van der Waals surface area contributed by atoms with Gasteiger partial charge in [-0.1, -0.05) is 35.9 Å². The largest absolute Gasteiger partial charge is 0.484 e. The van der Waals surface area contributed by atoms with Gasteiger partial charge in [-0.05, 0) is 48.5 Å². The highest BCUT2D eigenvalue weighted by molar-refractivity contribution is 6.34. The van der Waals surface area contributed by atoms with Gasteiger partial charge in [-0.15, -0.1) is 0 Å². The van der Waals surface area contributed by atoms with Crippen LogP contribution in [0.15, 0.2) is 72.8 Å². The first-order valence-corrected chi connectivity index (χ1v) is 9.17. The number of carbonyl (C=O) groups is 3. The fraction of sp³-hybridized carbons (Fsp3) is 0.0455. The van der Waals surface area contributed by atoms with E-state index in [2.05, 4.69) is 5.32 Å². The molecule has 0 saturated carbocycles. The minimum Gasteiger partial charge on any atom is -0.484 e. The number of carbonyl (C=O) groups excluding carboxylic acids is 3. The van der Waals surface area contributed by atoms with Crippen molar-refractivity contribution < 1.29 is 19.1 Å². The SMILES string of the molecule is O=C(COc1cccc(Cl)c1)Nc1cccc(N2C(=O)c3ccccc3C2=O)c1. The quantitative estimate of drug-likeness (QED) is 0.645. The molecule has 3 aromatic rings. The van der Waals surface area contributed by atoms with E-state index < -0.39 is 11.8 Å². The molecule has 29 heavy (non-hydrogen) atoms. The second kappa shape index (κ2) is 7.77. The maximum atomic E-state index is 12.6. The number of fused-ring (bicyclic) bond motifs is 1. The molecule has 0 atom stereocenters. The Balaban J connectivity index is 1.46. The lowest BCUT2D eigenvalue weighted by molar-refractivity contribution is -0.118. The molecule has 1 aliphatic heterocycles. The lowest BCUT2D eigenvalue weighted by Gasteiger charge is -2.15. The number of nitrogens with one attached hydrogen (secondary N) is 1. The zero-order valence-corrected chi connectivity index (χ0v) is 15.8. The summed E-state index contributed by atoms with van der Waals surface area (Å²) in [5.41, 5.74) is 1.55. The van der Waals surface area contributed by atoms with E-state index in [4.69, 9.17) is 16.3 Å². The van der Waals surface area contributed by atoms with Gasteiger partial charge in [-0.25, -0.2) is 4.90 Å². The summed E-state index contributed by atoms with van der Waals surface area (Å²) in [6.07, 6.45) is 0. The fourth-order valence-corrected chi connectivity index (χ4v) is 3.23. The number of benzene rings is 3. The van der Waals surface area contributed by atoms with Gasteiger partial charge in [0, 0.05) is 10.7 Å². The number of imide groups is 1. The van der Waals surface area contributed by atoms with E-state index in [0.717, 1.165) is 4.90 Å². The van der Waals surface area contributed by atoms with Gasteiger partial charge in [-0.3, -0.25) is 14.4 Å². The molecule has 144 valence electrons. The van der Waals surface area contributed by atoms with Crippen LogP contribution in [-0.2, 0) is 4.79 Å². The highest BCUT2D eigenvalue weighted by atomic mass is 35.5. The summed E-state index contributed by atoms with van der Waals surface area (Å²) >= 11 is 5.89. The second-order valence-electron chi connectivity index (χ2n) is 6.34. The molecule has 6 nitrogen and oxygen atoms in total. The Morgan fingerprint density at radius 3 is 2.28 bits per heavy atom. The summed E-state index contributed by atoms with van der Waals surface area (Å²) in [5.74, 6) is -0.686. The van der Waals surface area contributed by atoms with Gasteiger partial charge in [0.2, 0.25) is 0 Å². The number of hydrogen-bond donors (Lipinski definition) is 1. The maximum absolute atomic E-state index is 12.6. The Hall–Kier alpha value is -3.64. The van der Waals surface area contributed by atoms with Crippen molar-refractivity contribution in [1.82, 2.24) is 0 Å². The van der Waals surface area contributed by atoms with Gasteiger partial charge in [0.15, 0.2) is 6.61 Å². The molecule has 0 radical (unpaired) electrons. The lowest BCUT2D eigenvalue weighted by Crippen LogP contribution is -2.29. The fourth-order valence-electron chi connectivity index (χ4n) is 3.05. The third-order valence-corrected chi connectivity index (χ3v) is 4.58. The van der Waals surface area contributed by atoms with Crippen LogP contribution in [0.25, 0.3) is 0 Å². The number of hydrogen-bond acceptors (Lipinski definition) is 4. The molecule has 0 bridgehead atoms. The summed E-state index contributed by atoms with van der Waals surface area (Å²) in [4.78, 5) is 38.5. The molecule has 0 unspecified atom stereocenters. The van der Waals surface area contributed by atoms with E-state index in [1.165, 1.54) is 0 Å². The Labute approximate surface area is 171 Å². The number of ether oxygens (including phenoxy) is 1. The second-order valence-corrected chi connectivity index (χ2v) is 6.77. The van der Waals surface area contributed by atoms with Gasteiger partial charge >= 0.3 is 0 Å². The van der Waals surface area contributed by atoms with Crippen LogP contribution in [0.2, 0.25) is 5.02 Å². The highest BCUT2D eigenvalue weighted by Gasteiger charge is 2.36. The van der Waals surface area contributed by atoms with E-state index in [0.29, 0.717) is 33.3 Å². The van der Waals surface area contributed by atoms with Crippen LogP contribution in [-0.4, -0.2) is 24.3 Å². The Morgan fingerprint density at radius 1 is 0.897 bits per heavy atom. The monoisotopic (exact) mass is 406 g/mol. The van der Waals surface area contributed by atoms with Crippen molar-refractivity contribution in [1.29, 1.82) is 0 Å². The molecule has 0 aromatic heterocycles. The standard InChI is InChI=1S/C22H15ClN2O4/c23-14-5-3-8-17(11-14)29-13-20(26)24-15-6-4-7-16(12-15)25-21(27)18-9-1-2-10-19(18)22(25)28/h1-12H,13H2,(H,24,26). The zero-order valence-electron chi connectivity index (χ0n) is 15.1. The van der Waals surface area contributed by atoms with Crippen molar-refractivity contribution >= 4 is 40.7 Å². The van der Waals surface area contributed by atoms with E-state index in [1.54, 1.807) is 72.8 Å². The number of halogens is 1. The molecule has 1 N–H and O–H groups in total. The van der Waals surface area contributed by atoms with Crippen LogP contribution < -0.4 is 15.0 Å². The van der Waals surface area contributed by atoms with Gasteiger partial charge in [-0.2, -0.15) is 0 Å². The van der Waals surface area contributed by atoms with Gasteiger partial charge < -0.3 is 10.1 Å². The molecular formula is C22H15ClN2O4. The highest BCUT2D eigenvalue weighted by Crippen LogP contribution is 2.29. The summed E-state index contributed by atoms with van der Waals surface area (Å²) in [6, 6.07) is 19.9. The Morgan fingerprint density at radius 2 is 1.59 bits per heavy atom. The molecule has 3 amide bonds. The van der Waals surface area contributed by atoms with E-state index in [-0.39, 0.29) is 12.5 Å². The number of rotatable bonds is 5. The molecule has 3 aromatic carbocycles. The number of anilines is 2. The van der Waals surface area contributed by atoms with Crippen LogP contribution in [0.4, 0.5) is 11.4 Å². The molecule has 1 aliphatic rings. The van der Waals surface area contributed by atoms with Gasteiger partial charge in [0.25, 0.3) is 17.7 Å². The lowest BCUT2D eigenvalue weighted by atomic mass is 10.1. The van der Waals surface area contributed by atoms with Crippen LogP contribution in [0.1, 0.15) is 20.7 Å². The van der Waals surface area contributed by atoms with Gasteiger partial charge in [0.1, 0.15) is 5.75 Å². The van der Waals surface area contributed by atoms with Crippen molar-refractivity contribution in [3.63, 3.8) is 0 Å². The summed E-state index contributed by atoms with van der Waals surface area (Å²) in [6.45, 7) is -0.211. The van der Waals surface area contributed by atoms with Gasteiger partial charge in [0.05, 0.1) is 16.8 Å². The predicted molar refractivity (Wildman–Crippen MR) is 110 cm³/mol. The maximum Gasteiger partial charge on any atom is 0.266 e. The van der Waals surface area contributed by atoms with Crippen molar-refractivity contribution in [2.45, 2.75) is 0 Å². The average Bonchev–Trinajstić information content (AvgIpc) is 2.97. The molecule has 4 rings (SSSR count). The predicted octanol–water partition coefficient (Wildman–Crippen LogP) is 4.16. The average molecular weight is 407 g/mol. The molecular weight excluding hydrogens is 392 g/mol. The minimum atomic E-state index is -0.390. The molecule has 0 saturated heterocycles. The summed E-state index contributed by atoms with van der Waals surface area (Å²) in [7, 11) is 0. The van der Waals surface area contributed by atoms with Crippen molar-refractivity contribution in [3.05, 3.63) is 88.9 Å². The van der Waals surface area contributed by atoms with Crippen LogP contribution >= 0.6 is 11.6 Å². The number of nitrogens with zero attached hydrogens (tertiary/aromatic N) is 1. The summed E-state index contributed by atoms with van der Waals surface area (Å²) in [5, 5.41) is 3.21. The van der Waals surface area contributed by atoms with Crippen LogP contribution in [0.3, 0.4) is 0 Å². The van der Waals surface area contributed by atoms with Crippen LogP contribution in [0, 0.1) is 0 Å². The molecule has 0 fully saturated rings. The topological polar surface area (TPSA) is 75.7 Å². The molecule has 7 heteroatoms. The molecule has 1 heterocycles. The first-order chi connectivity index (χ1) is 14.0. The summed E-state index contributed by atoms with van der Waals surface area (Å²) < 4.78 is 5.41. The normalized spacial score (nSPS) is 12.7. The minimum absolute atomic E-state index is 0.211. The Kier molecular flexibility index (Phi) is 5.01. The zero-order chi connectivity index (χ0) is 20.4. The molecule has 0 aliphatic carbocycles. The third-order valence-electron chi connectivity index (χ3n) is 4.35. The molecule has 0 spiro atoms. The van der Waals surface area contributed by atoms with Crippen LogP contribution in [0.5, 0.6) is 5.75 Å². The third kappa shape index (κ3) is 3.83. The van der Waals surface area contributed by atoms with Crippen molar-refractivity contribution in [2.75, 3.05) is 16.8 Å². The first-order valence-electron chi connectivity index (χ1n) is 8.79.